The smallest absolute Gasteiger partial charge is 0.272 e. The molecule has 1 unspecified atom stereocenters. The summed E-state index contributed by atoms with van der Waals surface area (Å²) in [5, 5.41) is 14.3. The Labute approximate surface area is 124 Å². The Balaban J connectivity index is 1.57. The van der Waals surface area contributed by atoms with E-state index in [1.54, 1.807) is 13.0 Å². The fraction of sp³-hybridized carbons (Fsp3) is 0.294. The molecule has 0 saturated carbocycles. The van der Waals surface area contributed by atoms with Gasteiger partial charge in [0.05, 0.1) is 4.92 Å². The van der Waals surface area contributed by atoms with E-state index < -0.39 is 0 Å². The number of nitro benzene ring substituents is 1. The van der Waals surface area contributed by atoms with E-state index in [0.717, 1.165) is 18.5 Å². The summed E-state index contributed by atoms with van der Waals surface area (Å²) in [5.74, 6) is 0.571. The van der Waals surface area contributed by atoms with Crippen LogP contribution in [0.1, 0.15) is 28.2 Å². The Bertz CT molecular complexity index is 682. The summed E-state index contributed by atoms with van der Waals surface area (Å²) in [7, 11) is 0. The minimum atomic E-state index is -0.318. The van der Waals surface area contributed by atoms with Gasteiger partial charge in [-0.05, 0) is 30.0 Å². The second-order valence-corrected chi connectivity index (χ2v) is 5.61. The predicted octanol–water partition coefficient (Wildman–Crippen LogP) is 3.33. The van der Waals surface area contributed by atoms with E-state index in [4.69, 9.17) is 0 Å². The van der Waals surface area contributed by atoms with E-state index in [-0.39, 0.29) is 10.6 Å². The van der Waals surface area contributed by atoms with E-state index in [1.807, 2.05) is 12.1 Å². The van der Waals surface area contributed by atoms with Crippen molar-refractivity contribution in [1.29, 1.82) is 0 Å². The highest BCUT2D eigenvalue weighted by atomic mass is 16.6. The Kier molecular flexibility index (Phi) is 3.71. The van der Waals surface area contributed by atoms with Gasteiger partial charge in [0, 0.05) is 30.6 Å². The quantitative estimate of drug-likeness (QED) is 0.676. The largest absolute Gasteiger partial charge is 0.312 e. The first kappa shape index (κ1) is 13.8. The molecule has 0 radical (unpaired) electrons. The summed E-state index contributed by atoms with van der Waals surface area (Å²) in [4.78, 5) is 10.6. The molecule has 0 spiro atoms. The molecule has 0 aliphatic heterocycles. The summed E-state index contributed by atoms with van der Waals surface area (Å²) < 4.78 is 0. The Morgan fingerprint density at radius 3 is 2.86 bits per heavy atom. The molecule has 1 aliphatic carbocycles. The van der Waals surface area contributed by atoms with Gasteiger partial charge in [-0.3, -0.25) is 10.1 Å². The fourth-order valence-electron chi connectivity index (χ4n) is 2.90. The number of aryl methyl sites for hydroxylation is 1. The lowest BCUT2D eigenvalue weighted by Crippen LogP contribution is -2.28. The van der Waals surface area contributed by atoms with Gasteiger partial charge in [-0.2, -0.15) is 0 Å². The SMILES string of the molecule is Cc1ccc(CNCC2Cc3ccccc32)cc1[N+](=O)[O-]. The normalized spacial score (nSPS) is 16.1. The van der Waals surface area contributed by atoms with Gasteiger partial charge >= 0.3 is 0 Å². The molecule has 21 heavy (non-hydrogen) atoms. The van der Waals surface area contributed by atoms with Gasteiger partial charge in [-0.25, -0.2) is 0 Å². The molecule has 0 saturated heterocycles. The summed E-state index contributed by atoms with van der Waals surface area (Å²) in [5.41, 5.74) is 4.73. The summed E-state index contributed by atoms with van der Waals surface area (Å²) in [6.45, 7) is 3.35. The lowest BCUT2D eigenvalue weighted by atomic mass is 9.77. The van der Waals surface area contributed by atoms with Crippen LogP contribution in [-0.2, 0) is 13.0 Å². The van der Waals surface area contributed by atoms with Crippen LogP contribution in [0.4, 0.5) is 5.69 Å². The van der Waals surface area contributed by atoms with Crippen molar-refractivity contribution in [2.75, 3.05) is 6.54 Å². The van der Waals surface area contributed by atoms with Gasteiger partial charge in [0.2, 0.25) is 0 Å². The van der Waals surface area contributed by atoms with Crippen molar-refractivity contribution in [1.82, 2.24) is 5.32 Å². The van der Waals surface area contributed by atoms with E-state index >= 15 is 0 Å². The monoisotopic (exact) mass is 282 g/mol. The third-order valence-corrected chi connectivity index (χ3v) is 4.15. The predicted molar refractivity (Wildman–Crippen MR) is 82.4 cm³/mol. The van der Waals surface area contributed by atoms with E-state index in [1.165, 1.54) is 11.1 Å². The minimum absolute atomic E-state index is 0.197. The first-order chi connectivity index (χ1) is 10.1. The van der Waals surface area contributed by atoms with Crippen LogP contribution in [0.2, 0.25) is 0 Å². The molecule has 2 aromatic carbocycles. The zero-order valence-electron chi connectivity index (χ0n) is 12.0. The van der Waals surface area contributed by atoms with Gasteiger partial charge < -0.3 is 5.32 Å². The van der Waals surface area contributed by atoms with Crippen LogP contribution in [0, 0.1) is 17.0 Å². The molecule has 108 valence electrons. The third-order valence-electron chi connectivity index (χ3n) is 4.15. The molecule has 1 N–H and O–H groups in total. The van der Waals surface area contributed by atoms with Crippen molar-refractivity contribution in [3.63, 3.8) is 0 Å². The van der Waals surface area contributed by atoms with Crippen molar-refractivity contribution in [2.45, 2.75) is 25.8 Å². The average molecular weight is 282 g/mol. The summed E-state index contributed by atoms with van der Waals surface area (Å²) >= 11 is 0. The Morgan fingerprint density at radius 1 is 1.29 bits per heavy atom. The van der Waals surface area contributed by atoms with Crippen LogP contribution >= 0.6 is 0 Å². The molecule has 0 amide bonds. The van der Waals surface area contributed by atoms with Gasteiger partial charge in [-0.1, -0.05) is 36.4 Å². The van der Waals surface area contributed by atoms with E-state index in [2.05, 4.69) is 29.6 Å². The maximum atomic E-state index is 10.9. The van der Waals surface area contributed by atoms with Crippen LogP contribution in [0.3, 0.4) is 0 Å². The van der Waals surface area contributed by atoms with Crippen LogP contribution in [-0.4, -0.2) is 11.5 Å². The number of nitrogens with one attached hydrogen (secondary N) is 1. The van der Waals surface area contributed by atoms with Crippen LogP contribution in [0.25, 0.3) is 0 Å². The molecule has 0 heterocycles. The zero-order chi connectivity index (χ0) is 14.8. The molecular formula is C17H18N2O2. The molecule has 2 aromatic rings. The van der Waals surface area contributed by atoms with Crippen molar-refractivity contribution < 1.29 is 4.92 Å². The Morgan fingerprint density at radius 2 is 2.10 bits per heavy atom. The van der Waals surface area contributed by atoms with Crippen molar-refractivity contribution in [2.24, 2.45) is 0 Å². The molecule has 3 rings (SSSR count). The topological polar surface area (TPSA) is 55.2 Å². The van der Waals surface area contributed by atoms with Crippen molar-refractivity contribution in [3.8, 4) is 0 Å². The second-order valence-electron chi connectivity index (χ2n) is 5.61. The molecule has 1 aliphatic rings. The number of rotatable bonds is 5. The number of nitro groups is 1. The number of fused-ring (bicyclic) bond motifs is 1. The lowest BCUT2D eigenvalue weighted by Gasteiger charge is -2.30. The fourth-order valence-corrected chi connectivity index (χ4v) is 2.90. The maximum absolute atomic E-state index is 10.9. The molecule has 4 nitrogen and oxygen atoms in total. The van der Waals surface area contributed by atoms with E-state index in [0.29, 0.717) is 18.0 Å². The third kappa shape index (κ3) is 2.81. The zero-order valence-corrected chi connectivity index (χ0v) is 12.0. The van der Waals surface area contributed by atoms with Crippen LogP contribution in [0.15, 0.2) is 42.5 Å². The maximum Gasteiger partial charge on any atom is 0.272 e. The van der Waals surface area contributed by atoms with Gasteiger partial charge in [0.25, 0.3) is 5.69 Å². The van der Waals surface area contributed by atoms with Gasteiger partial charge in [0.15, 0.2) is 0 Å². The highest BCUT2D eigenvalue weighted by Crippen LogP contribution is 2.34. The highest BCUT2D eigenvalue weighted by molar-refractivity contribution is 5.42. The number of hydrogen-bond acceptors (Lipinski definition) is 3. The van der Waals surface area contributed by atoms with Crippen LogP contribution < -0.4 is 5.32 Å². The minimum Gasteiger partial charge on any atom is -0.312 e. The molecule has 1 atom stereocenters. The Hall–Kier alpha value is -2.20. The molecule has 0 bridgehead atoms. The first-order valence-corrected chi connectivity index (χ1v) is 7.17. The average Bonchev–Trinajstić information content (AvgIpc) is 2.45. The standard InChI is InChI=1S/C17H18N2O2/c1-12-6-7-13(8-17(12)19(20)21)10-18-11-15-9-14-4-2-3-5-16(14)15/h2-8,15,18H,9-11H2,1H3. The van der Waals surface area contributed by atoms with E-state index in [9.17, 15) is 10.1 Å². The number of nitrogens with zero attached hydrogens (tertiary/aromatic N) is 1. The van der Waals surface area contributed by atoms with Crippen molar-refractivity contribution in [3.05, 3.63) is 74.8 Å². The first-order valence-electron chi connectivity index (χ1n) is 7.17. The van der Waals surface area contributed by atoms with Gasteiger partial charge in [0.1, 0.15) is 0 Å². The molecule has 0 aromatic heterocycles. The second kappa shape index (κ2) is 5.66. The molecule has 4 heteroatoms. The molecular weight excluding hydrogens is 264 g/mol. The number of benzene rings is 2. The summed E-state index contributed by atoms with van der Waals surface area (Å²) in [6, 6.07) is 13.9. The van der Waals surface area contributed by atoms with Gasteiger partial charge in [-0.15, -0.1) is 0 Å². The summed E-state index contributed by atoms with van der Waals surface area (Å²) in [6.07, 6.45) is 1.12. The highest BCUT2D eigenvalue weighted by Gasteiger charge is 2.24. The number of hydrogen-bond donors (Lipinski definition) is 1. The lowest BCUT2D eigenvalue weighted by molar-refractivity contribution is -0.385. The van der Waals surface area contributed by atoms with Crippen LogP contribution in [0.5, 0.6) is 0 Å². The van der Waals surface area contributed by atoms with Crippen molar-refractivity contribution >= 4 is 5.69 Å². The molecule has 0 fully saturated rings.